The van der Waals surface area contributed by atoms with Crippen molar-refractivity contribution in [1.29, 1.82) is 0 Å². The van der Waals surface area contributed by atoms with Crippen molar-refractivity contribution in [3.63, 3.8) is 0 Å². The number of rotatable bonds is 4. The molecule has 2 N–H and O–H groups in total. The fourth-order valence-corrected chi connectivity index (χ4v) is 3.67. The van der Waals surface area contributed by atoms with Gasteiger partial charge in [0.15, 0.2) is 0 Å². The van der Waals surface area contributed by atoms with Crippen molar-refractivity contribution in [2.45, 2.75) is 18.4 Å². The highest BCUT2D eigenvalue weighted by Crippen LogP contribution is 2.33. The van der Waals surface area contributed by atoms with Gasteiger partial charge in [-0.15, -0.1) is 0 Å². The van der Waals surface area contributed by atoms with Crippen LogP contribution < -0.4 is 10.6 Å². The first-order valence-electron chi connectivity index (χ1n) is 9.11. The van der Waals surface area contributed by atoms with Crippen LogP contribution in [0.4, 0.5) is 5.69 Å². The number of nitrogens with one attached hydrogen (secondary N) is 2. The van der Waals surface area contributed by atoms with E-state index in [1.165, 1.54) is 0 Å². The zero-order valence-electron chi connectivity index (χ0n) is 15.1. The number of halogens is 1. The lowest BCUT2D eigenvalue weighted by Gasteiger charge is -2.27. The molecule has 5 heteroatoms. The molecule has 1 heterocycles. The molecule has 0 unspecified atom stereocenters. The molecule has 0 saturated heterocycles. The number of fused-ring (bicyclic) bond motifs is 1. The second-order valence-corrected chi connectivity index (χ2v) is 7.23. The first-order chi connectivity index (χ1) is 13.6. The minimum absolute atomic E-state index is 0.130. The van der Waals surface area contributed by atoms with Gasteiger partial charge in [-0.3, -0.25) is 9.59 Å². The van der Waals surface area contributed by atoms with Crippen molar-refractivity contribution in [2.24, 2.45) is 0 Å². The van der Waals surface area contributed by atoms with E-state index < -0.39 is 5.92 Å². The van der Waals surface area contributed by atoms with Gasteiger partial charge in [-0.05, 0) is 34.9 Å². The molecule has 0 radical (unpaired) electrons. The van der Waals surface area contributed by atoms with Crippen molar-refractivity contribution in [3.05, 3.63) is 101 Å². The fourth-order valence-electron chi connectivity index (χ4n) is 3.55. The van der Waals surface area contributed by atoms with E-state index in [9.17, 15) is 9.59 Å². The maximum atomic E-state index is 13.2. The monoisotopic (exact) mass is 390 g/mol. The summed E-state index contributed by atoms with van der Waals surface area (Å²) in [7, 11) is 0. The Bertz CT molecular complexity index is 1000. The summed E-state index contributed by atoms with van der Waals surface area (Å²) < 4.78 is 0. The number of hydrogen-bond donors (Lipinski definition) is 2. The van der Waals surface area contributed by atoms with Crippen LogP contribution in [0.15, 0.2) is 78.9 Å². The first-order valence-corrected chi connectivity index (χ1v) is 9.49. The number of carbonyl (C=O) groups excluding carboxylic acids is 2. The number of carbonyl (C=O) groups is 2. The lowest BCUT2D eigenvalue weighted by molar-refractivity contribution is -0.126. The van der Waals surface area contributed by atoms with Gasteiger partial charge in [-0.2, -0.15) is 0 Å². The van der Waals surface area contributed by atoms with Gasteiger partial charge in [0.2, 0.25) is 11.8 Å². The van der Waals surface area contributed by atoms with E-state index in [1.54, 1.807) is 0 Å². The number of para-hydroxylation sites is 1. The predicted octanol–water partition coefficient (Wildman–Crippen LogP) is 4.67. The van der Waals surface area contributed by atoms with Crippen molar-refractivity contribution >= 4 is 29.1 Å². The van der Waals surface area contributed by atoms with Crippen LogP contribution >= 0.6 is 11.6 Å². The lowest BCUT2D eigenvalue weighted by atomic mass is 9.89. The molecule has 3 aromatic carbocycles. The highest BCUT2D eigenvalue weighted by molar-refractivity contribution is 6.30. The molecule has 0 spiro atoms. The molecule has 0 saturated carbocycles. The van der Waals surface area contributed by atoms with Crippen molar-refractivity contribution < 1.29 is 9.59 Å². The molecule has 0 fully saturated rings. The number of anilines is 1. The Morgan fingerprint density at radius 1 is 0.929 bits per heavy atom. The van der Waals surface area contributed by atoms with E-state index in [1.807, 2.05) is 78.9 Å². The summed E-state index contributed by atoms with van der Waals surface area (Å²) in [4.78, 5) is 25.3. The Hall–Kier alpha value is -3.11. The van der Waals surface area contributed by atoms with Gasteiger partial charge in [0.1, 0.15) is 0 Å². The molecule has 28 heavy (non-hydrogen) atoms. The third-order valence-corrected chi connectivity index (χ3v) is 5.19. The number of amides is 2. The largest absolute Gasteiger partial charge is 0.345 e. The van der Waals surface area contributed by atoms with Gasteiger partial charge < -0.3 is 10.6 Å². The molecular formula is C23H19ClN2O2. The van der Waals surface area contributed by atoms with Crippen LogP contribution in [-0.4, -0.2) is 11.8 Å². The van der Waals surface area contributed by atoms with E-state index >= 15 is 0 Å². The summed E-state index contributed by atoms with van der Waals surface area (Å²) in [6.07, 6.45) is 0.130. The molecule has 0 aliphatic carbocycles. The molecule has 2 atom stereocenters. The Morgan fingerprint density at radius 2 is 1.57 bits per heavy atom. The zero-order valence-corrected chi connectivity index (χ0v) is 15.8. The summed E-state index contributed by atoms with van der Waals surface area (Å²) in [6, 6.07) is 24.3. The Labute approximate surface area is 168 Å². The topological polar surface area (TPSA) is 58.2 Å². The minimum Gasteiger partial charge on any atom is -0.345 e. The fraction of sp³-hybridized carbons (Fsp3) is 0.130. The van der Waals surface area contributed by atoms with Crippen LogP contribution in [0.2, 0.25) is 5.02 Å². The average Bonchev–Trinajstić information content (AvgIpc) is 2.72. The summed E-state index contributed by atoms with van der Waals surface area (Å²) >= 11 is 6.03. The predicted molar refractivity (Wildman–Crippen MR) is 110 cm³/mol. The summed E-state index contributed by atoms with van der Waals surface area (Å²) in [6.45, 7) is 0. The van der Waals surface area contributed by atoms with Crippen LogP contribution in [0.3, 0.4) is 0 Å². The van der Waals surface area contributed by atoms with Crippen LogP contribution in [0.5, 0.6) is 0 Å². The quantitative estimate of drug-likeness (QED) is 0.680. The molecule has 140 valence electrons. The molecular weight excluding hydrogens is 372 g/mol. The zero-order chi connectivity index (χ0) is 19.5. The summed E-state index contributed by atoms with van der Waals surface area (Å²) in [5, 5.41) is 6.61. The molecule has 4 rings (SSSR count). The van der Waals surface area contributed by atoms with Gasteiger partial charge in [0, 0.05) is 17.1 Å². The van der Waals surface area contributed by atoms with Crippen LogP contribution in [0, 0.1) is 0 Å². The SMILES string of the molecule is O=C1C[C@@H](C(=O)N[C@H](c2ccccc2)c2ccc(Cl)cc2)c2ccccc2N1. The normalized spacial score (nSPS) is 16.6. The van der Waals surface area contributed by atoms with Crippen molar-refractivity contribution in [2.75, 3.05) is 5.32 Å². The van der Waals surface area contributed by atoms with E-state index in [2.05, 4.69) is 10.6 Å². The smallest absolute Gasteiger partial charge is 0.228 e. The maximum absolute atomic E-state index is 13.2. The Kier molecular flexibility index (Phi) is 5.13. The molecule has 0 bridgehead atoms. The van der Waals surface area contributed by atoms with Gasteiger partial charge >= 0.3 is 0 Å². The average molecular weight is 391 g/mol. The summed E-state index contributed by atoms with van der Waals surface area (Å²) in [5.41, 5.74) is 3.42. The third kappa shape index (κ3) is 3.78. The van der Waals surface area contributed by atoms with E-state index in [0.29, 0.717) is 10.7 Å². The molecule has 2 amide bonds. The highest BCUT2D eigenvalue weighted by Gasteiger charge is 2.32. The van der Waals surface area contributed by atoms with Crippen LogP contribution in [0.1, 0.15) is 35.1 Å². The molecule has 4 nitrogen and oxygen atoms in total. The molecule has 3 aromatic rings. The van der Waals surface area contributed by atoms with Crippen molar-refractivity contribution in [3.8, 4) is 0 Å². The molecule has 1 aliphatic heterocycles. The van der Waals surface area contributed by atoms with Gasteiger partial charge in [-0.25, -0.2) is 0 Å². The molecule has 0 aromatic heterocycles. The number of benzene rings is 3. The van der Waals surface area contributed by atoms with E-state index in [-0.39, 0.29) is 24.3 Å². The van der Waals surface area contributed by atoms with Crippen LogP contribution in [0.25, 0.3) is 0 Å². The lowest BCUT2D eigenvalue weighted by Crippen LogP contribution is -2.37. The first kappa shape index (κ1) is 18.3. The summed E-state index contributed by atoms with van der Waals surface area (Å²) in [5.74, 6) is -0.851. The maximum Gasteiger partial charge on any atom is 0.228 e. The highest BCUT2D eigenvalue weighted by atomic mass is 35.5. The van der Waals surface area contributed by atoms with Gasteiger partial charge in [0.05, 0.1) is 12.0 Å². The van der Waals surface area contributed by atoms with E-state index in [0.717, 1.165) is 16.7 Å². The standard InChI is InChI=1S/C23H19ClN2O2/c24-17-12-10-16(11-13-17)22(15-6-2-1-3-7-15)26-23(28)19-14-21(27)25-20-9-5-4-8-18(19)20/h1-13,19,22H,14H2,(H,25,27)(H,26,28)/t19-,22-/m1/s1. The number of hydrogen-bond acceptors (Lipinski definition) is 2. The van der Waals surface area contributed by atoms with Crippen LogP contribution in [-0.2, 0) is 9.59 Å². The van der Waals surface area contributed by atoms with Gasteiger partial charge in [0.25, 0.3) is 0 Å². The second kappa shape index (κ2) is 7.87. The Morgan fingerprint density at radius 3 is 2.32 bits per heavy atom. The minimum atomic E-state index is -0.525. The second-order valence-electron chi connectivity index (χ2n) is 6.80. The third-order valence-electron chi connectivity index (χ3n) is 4.94. The van der Waals surface area contributed by atoms with Gasteiger partial charge in [-0.1, -0.05) is 72.3 Å². The van der Waals surface area contributed by atoms with Crippen molar-refractivity contribution in [1.82, 2.24) is 5.32 Å². The van der Waals surface area contributed by atoms with E-state index in [4.69, 9.17) is 11.6 Å². The molecule has 1 aliphatic rings. The Balaban J connectivity index is 1.66.